The van der Waals surface area contributed by atoms with E-state index in [0.29, 0.717) is 10.8 Å². The number of nitrogens with zero attached hydrogens (tertiary/aromatic N) is 1. The summed E-state index contributed by atoms with van der Waals surface area (Å²) in [5.41, 5.74) is 5.20. The minimum Gasteiger partial charge on any atom is -0.482 e. The third-order valence-electron chi connectivity index (χ3n) is 3.70. The number of carbonyl (C=O) groups is 1. The summed E-state index contributed by atoms with van der Waals surface area (Å²) in [6.45, 7) is 5.98. The molecular formula is C19H19Br2ClN2O2. The molecule has 0 spiro atoms. The van der Waals surface area contributed by atoms with Gasteiger partial charge in [-0.1, -0.05) is 59.6 Å². The molecule has 1 N–H and O–H groups in total. The molecule has 0 aliphatic heterocycles. The lowest BCUT2D eigenvalue weighted by Crippen LogP contribution is -2.25. The highest BCUT2D eigenvalue weighted by Crippen LogP contribution is 2.40. The highest BCUT2D eigenvalue weighted by molar-refractivity contribution is 9.11. The van der Waals surface area contributed by atoms with E-state index in [1.54, 1.807) is 6.07 Å². The number of amides is 1. The Hall–Kier alpha value is -1.37. The smallest absolute Gasteiger partial charge is 0.277 e. The zero-order valence-electron chi connectivity index (χ0n) is 14.6. The summed E-state index contributed by atoms with van der Waals surface area (Å²) in [4.78, 5) is 12.0. The van der Waals surface area contributed by atoms with E-state index in [1.807, 2.05) is 31.2 Å². The average Bonchev–Trinajstić information content (AvgIpc) is 2.60. The van der Waals surface area contributed by atoms with Gasteiger partial charge in [0.15, 0.2) is 6.61 Å². The molecule has 2 rings (SSSR count). The Morgan fingerprint density at radius 3 is 2.69 bits per heavy atom. The van der Waals surface area contributed by atoms with Crippen molar-refractivity contribution in [2.24, 2.45) is 5.10 Å². The van der Waals surface area contributed by atoms with Crippen LogP contribution in [0.5, 0.6) is 5.75 Å². The van der Waals surface area contributed by atoms with Crippen LogP contribution in [0, 0.1) is 6.92 Å². The molecule has 0 atom stereocenters. The lowest BCUT2D eigenvalue weighted by molar-refractivity contribution is -0.123. The Morgan fingerprint density at radius 1 is 1.35 bits per heavy atom. The predicted molar refractivity (Wildman–Crippen MR) is 113 cm³/mol. The SMILES string of the molecule is Cc1c(Br)cc(C(C)C)c(OCC(=O)NN=Cc2ccccc2Cl)c1Br. The summed E-state index contributed by atoms with van der Waals surface area (Å²) >= 11 is 13.1. The van der Waals surface area contributed by atoms with Gasteiger partial charge in [-0.3, -0.25) is 4.79 Å². The maximum Gasteiger partial charge on any atom is 0.277 e. The zero-order chi connectivity index (χ0) is 19.3. The summed E-state index contributed by atoms with van der Waals surface area (Å²) in [5.74, 6) is 0.570. The van der Waals surface area contributed by atoms with Crippen LogP contribution in [0.1, 0.15) is 36.5 Å². The minimum atomic E-state index is -0.351. The van der Waals surface area contributed by atoms with E-state index in [9.17, 15) is 4.79 Å². The fraction of sp³-hybridized carbons (Fsp3) is 0.263. The Bertz CT molecular complexity index is 839. The van der Waals surface area contributed by atoms with Crippen molar-refractivity contribution in [3.05, 3.63) is 61.0 Å². The summed E-state index contributed by atoms with van der Waals surface area (Å²) < 4.78 is 7.60. The molecule has 0 bridgehead atoms. The van der Waals surface area contributed by atoms with E-state index in [1.165, 1.54) is 6.21 Å². The number of rotatable bonds is 6. The number of hydrazone groups is 1. The van der Waals surface area contributed by atoms with Crippen molar-refractivity contribution in [1.82, 2.24) is 5.43 Å². The van der Waals surface area contributed by atoms with Gasteiger partial charge in [0.2, 0.25) is 0 Å². The Morgan fingerprint density at radius 2 is 2.04 bits per heavy atom. The third kappa shape index (κ3) is 5.32. The maximum atomic E-state index is 12.0. The van der Waals surface area contributed by atoms with E-state index in [0.717, 1.165) is 25.6 Å². The second-order valence-corrected chi connectivity index (χ2v) is 8.03. The molecule has 0 fully saturated rings. The van der Waals surface area contributed by atoms with Crippen molar-refractivity contribution in [3.63, 3.8) is 0 Å². The fourth-order valence-corrected chi connectivity index (χ4v) is 3.66. The quantitative estimate of drug-likeness (QED) is 0.399. The van der Waals surface area contributed by atoms with E-state index in [-0.39, 0.29) is 18.4 Å². The van der Waals surface area contributed by atoms with Crippen molar-refractivity contribution < 1.29 is 9.53 Å². The van der Waals surface area contributed by atoms with Crippen LogP contribution in [-0.2, 0) is 4.79 Å². The van der Waals surface area contributed by atoms with Crippen molar-refractivity contribution in [1.29, 1.82) is 0 Å². The van der Waals surface area contributed by atoms with Crippen molar-refractivity contribution in [2.45, 2.75) is 26.7 Å². The molecule has 26 heavy (non-hydrogen) atoms. The summed E-state index contributed by atoms with van der Waals surface area (Å²) in [7, 11) is 0. The van der Waals surface area contributed by atoms with Crippen molar-refractivity contribution >= 4 is 55.6 Å². The molecule has 0 radical (unpaired) electrons. The van der Waals surface area contributed by atoms with Crippen molar-refractivity contribution in [2.75, 3.05) is 6.61 Å². The third-order valence-corrected chi connectivity index (χ3v) is 5.82. The fourth-order valence-electron chi connectivity index (χ4n) is 2.21. The standard InChI is InChI=1S/C19H19Br2ClN2O2/c1-11(2)14-8-15(20)12(3)18(21)19(14)26-10-17(25)24-23-9-13-6-4-5-7-16(13)22/h4-9,11H,10H2,1-3H3,(H,24,25). The molecule has 0 heterocycles. The zero-order valence-corrected chi connectivity index (χ0v) is 18.6. The molecule has 2 aromatic carbocycles. The molecule has 1 amide bonds. The van der Waals surface area contributed by atoms with Crippen LogP contribution in [0.4, 0.5) is 0 Å². The van der Waals surface area contributed by atoms with Crippen LogP contribution < -0.4 is 10.2 Å². The molecule has 4 nitrogen and oxygen atoms in total. The highest BCUT2D eigenvalue weighted by Gasteiger charge is 2.17. The molecule has 0 aliphatic rings. The highest BCUT2D eigenvalue weighted by atomic mass is 79.9. The summed E-state index contributed by atoms with van der Waals surface area (Å²) in [5, 5.41) is 4.49. The molecule has 0 aliphatic carbocycles. The monoisotopic (exact) mass is 500 g/mol. The number of hydrogen-bond acceptors (Lipinski definition) is 3. The Kier molecular flexibility index (Phi) is 7.68. The first-order valence-electron chi connectivity index (χ1n) is 7.99. The molecular weight excluding hydrogens is 483 g/mol. The van der Waals surface area contributed by atoms with Crippen LogP contribution in [-0.4, -0.2) is 18.7 Å². The van der Waals surface area contributed by atoms with Gasteiger partial charge in [0.05, 0.1) is 10.7 Å². The molecule has 0 unspecified atom stereocenters. The second kappa shape index (κ2) is 9.53. The van der Waals surface area contributed by atoms with Gasteiger partial charge in [-0.15, -0.1) is 0 Å². The van der Waals surface area contributed by atoms with Crippen LogP contribution in [0.3, 0.4) is 0 Å². The largest absolute Gasteiger partial charge is 0.482 e. The summed E-state index contributed by atoms with van der Waals surface area (Å²) in [6, 6.07) is 9.27. The van der Waals surface area contributed by atoms with Crippen molar-refractivity contribution in [3.8, 4) is 5.75 Å². The lowest BCUT2D eigenvalue weighted by atomic mass is 10.0. The molecule has 7 heteroatoms. The van der Waals surface area contributed by atoms with E-state index < -0.39 is 0 Å². The molecule has 138 valence electrons. The lowest BCUT2D eigenvalue weighted by Gasteiger charge is -2.18. The van der Waals surface area contributed by atoms with Crippen LogP contribution >= 0.6 is 43.5 Å². The van der Waals surface area contributed by atoms with Gasteiger partial charge in [-0.25, -0.2) is 5.43 Å². The molecule has 0 saturated carbocycles. The van der Waals surface area contributed by atoms with Gasteiger partial charge in [0.1, 0.15) is 5.75 Å². The predicted octanol–water partition coefficient (Wildman–Crippen LogP) is 5.83. The van der Waals surface area contributed by atoms with E-state index in [2.05, 4.69) is 56.2 Å². The molecule has 0 aromatic heterocycles. The van der Waals surface area contributed by atoms with Crippen LogP contribution in [0.15, 0.2) is 44.4 Å². The van der Waals surface area contributed by atoms with Crippen LogP contribution in [0.25, 0.3) is 0 Å². The second-order valence-electron chi connectivity index (χ2n) is 5.97. The first-order chi connectivity index (χ1) is 12.3. The number of hydrogen-bond donors (Lipinski definition) is 1. The van der Waals surface area contributed by atoms with E-state index >= 15 is 0 Å². The number of nitrogens with one attached hydrogen (secondary N) is 1. The maximum absolute atomic E-state index is 12.0. The minimum absolute atomic E-state index is 0.140. The van der Waals surface area contributed by atoms with Crippen LogP contribution in [0.2, 0.25) is 5.02 Å². The first kappa shape index (κ1) is 20.9. The number of carbonyl (C=O) groups excluding carboxylic acids is 1. The number of halogens is 3. The van der Waals surface area contributed by atoms with Gasteiger partial charge >= 0.3 is 0 Å². The average molecular weight is 503 g/mol. The Labute approximate surface area is 175 Å². The molecule has 0 saturated heterocycles. The normalized spacial score (nSPS) is 11.2. The first-order valence-corrected chi connectivity index (χ1v) is 9.95. The number of ether oxygens (including phenoxy) is 1. The Balaban J connectivity index is 2.03. The van der Waals surface area contributed by atoms with Gasteiger partial charge in [0, 0.05) is 15.1 Å². The van der Waals surface area contributed by atoms with Gasteiger partial charge < -0.3 is 4.74 Å². The van der Waals surface area contributed by atoms with Gasteiger partial charge in [-0.05, 0) is 52.0 Å². The topological polar surface area (TPSA) is 50.7 Å². The van der Waals surface area contributed by atoms with E-state index in [4.69, 9.17) is 16.3 Å². The summed E-state index contributed by atoms with van der Waals surface area (Å²) in [6.07, 6.45) is 1.50. The molecule has 2 aromatic rings. The van der Waals surface area contributed by atoms with Gasteiger partial charge in [-0.2, -0.15) is 5.10 Å². The van der Waals surface area contributed by atoms with Gasteiger partial charge in [0.25, 0.3) is 5.91 Å². The number of benzene rings is 2.